The molecule has 1 aromatic carbocycles. The van der Waals surface area contributed by atoms with E-state index in [0.717, 1.165) is 22.7 Å². The van der Waals surface area contributed by atoms with Crippen LogP contribution in [-0.4, -0.2) is 48.4 Å². The minimum absolute atomic E-state index is 0.0620. The molecule has 0 radical (unpaired) electrons. The molecule has 5 rings (SSSR count). The Bertz CT molecular complexity index is 1340. The topological polar surface area (TPSA) is 129 Å². The average molecular weight is 520 g/mol. The van der Waals surface area contributed by atoms with Crippen LogP contribution in [-0.2, 0) is 19.5 Å². The Balaban J connectivity index is 1.58. The number of benzene rings is 1. The van der Waals surface area contributed by atoms with Gasteiger partial charge < -0.3 is 15.2 Å². The molecule has 1 fully saturated rings. The SMILES string of the molecule is Nc1nccc(-c2sc(C3CCOCC3)nc2-c2cccc(NS(=O)(=O)C3C=COC3)c2Cl)n1. The molecule has 0 spiro atoms. The first-order valence-electron chi connectivity index (χ1n) is 10.7. The highest BCUT2D eigenvalue weighted by molar-refractivity contribution is 7.93. The van der Waals surface area contributed by atoms with E-state index in [1.165, 1.54) is 23.7 Å². The van der Waals surface area contributed by atoms with Crippen molar-refractivity contribution in [3.8, 4) is 21.8 Å². The van der Waals surface area contributed by atoms with Crippen LogP contribution in [0.15, 0.2) is 42.8 Å². The number of halogens is 1. The number of anilines is 2. The van der Waals surface area contributed by atoms with Crippen LogP contribution in [0.2, 0.25) is 5.02 Å². The van der Waals surface area contributed by atoms with Crippen molar-refractivity contribution in [1.29, 1.82) is 0 Å². The lowest BCUT2D eigenvalue weighted by molar-refractivity contribution is 0.0853. The van der Waals surface area contributed by atoms with Crippen molar-refractivity contribution in [1.82, 2.24) is 15.0 Å². The number of nitrogens with one attached hydrogen (secondary N) is 1. The molecule has 0 aliphatic carbocycles. The fourth-order valence-electron chi connectivity index (χ4n) is 3.88. The first kappa shape index (κ1) is 23.0. The van der Waals surface area contributed by atoms with Crippen LogP contribution in [0.3, 0.4) is 0 Å². The van der Waals surface area contributed by atoms with Crippen LogP contribution in [0.4, 0.5) is 11.6 Å². The number of aromatic nitrogens is 3. The average Bonchev–Trinajstić information content (AvgIpc) is 3.52. The van der Waals surface area contributed by atoms with E-state index in [9.17, 15) is 8.42 Å². The van der Waals surface area contributed by atoms with Gasteiger partial charge in [-0.3, -0.25) is 4.72 Å². The molecular formula is C22H22ClN5O4S2. The van der Waals surface area contributed by atoms with E-state index in [0.29, 0.717) is 30.2 Å². The van der Waals surface area contributed by atoms with E-state index >= 15 is 0 Å². The lowest BCUT2D eigenvalue weighted by Crippen LogP contribution is -2.27. The molecular weight excluding hydrogens is 498 g/mol. The number of hydrogen-bond acceptors (Lipinski definition) is 9. The van der Waals surface area contributed by atoms with E-state index in [2.05, 4.69) is 14.7 Å². The van der Waals surface area contributed by atoms with Gasteiger partial charge in [-0.2, -0.15) is 0 Å². The summed E-state index contributed by atoms with van der Waals surface area (Å²) in [6, 6.07) is 6.95. The zero-order valence-electron chi connectivity index (χ0n) is 18.0. The quantitative estimate of drug-likeness (QED) is 0.499. The van der Waals surface area contributed by atoms with Crippen LogP contribution >= 0.6 is 22.9 Å². The van der Waals surface area contributed by atoms with E-state index in [4.69, 9.17) is 31.8 Å². The molecule has 0 bridgehead atoms. The number of rotatable bonds is 6. The third-order valence-electron chi connectivity index (χ3n) is 5.68. The zero-order chi connectivity index (χ0) is 23.7. The fourth-order valence-corrected chi connectivity index (χ4v) is 6.57. The van der Waals surface area contributed by atoms with Gasteiger partial charge in [0.2, 0.25) is 16.0 Å². The second-order valence-corrected chi connectivity index (χ2v) is 11.2. The van der Waals surface area contributed by atoms with Crippen molar-refractivity contribution >= 4 is 44.6 Å². The molecule has 1 saturated heterocycles. The molecule has 12 heteroatoms. The summed E-state index contributed by atoms with van der Waals surface area (Å²) in [6.45, 7) is 1.44. The van der Waals surface area contributed by atoms with Gasteiger partial charge in [0.15, 0.2) is 0 Å². The van der Waals surface area contributed by atoms with Crippen LogP contribution < -0.4 is 10.5 Å². The Morgan fingerprint density at radius 2 is 2.00 bits per heavy atom. The highest BCUT2D eigenvalue weighted by Gasteiger charge is 2.29. The van der Waals surface area contributed by atoms with Crippen molar-refractivity contribution < 1.29 is 17.9 Å². The normalized spacial score (nSPS) is 18.7. The maximum absolute atomic E-state index is 12.8. The molecule has 1 atom stereocenters. The first-order chi connectivity index (χ1) is 16.4. The summed E-state index contributed by atoms with van der Waals surface area (Å²) in [6.07, 6.45) is 6.23. The Labute approximate surface area is 206 Å². The summed E-state index contributed by atoms with van der Waals surface area (Å²) in [4.78, 5) is 14.1. The molecule has 3 aromatic rings. The Hall–Kier alpha value is -2.73. The summed E-state index contributed by atoms with van der Waals surface area (Å²) in [5.74, 6) is 0.420. The molecule has 0 amide bonds. The molecule has 4 heterocycles. The van der Waals surface area contributed by atoms with Gasteiger partial charge >= 0.3 is 0 Å². The number of hydrogen-bond donors (Lipinski definition) is 2. The van der Waals surface area contributed by atoms with Crippen molar-refractivity contribution in [2.75, 3.05) is 30.3 Å². The number of ether oxygens (including phenoxy) is 2. The van der Waals surface area contributed by atoms with E-state index in [1.54, 1.807) is 24.4 Å². The molecule has 2 aliphatic rings. The highest BCUT2D eigenvalue weighted by Crippen LogP contribution is 2.44. The van der Waals surface area contributed by atoms with Crippen molar-refractivity contribution in [2.45, 2.75) is 24.0 Å². The molecule has 0 saturated carbocycles. The predicted molar refractivity (Wildman–Crippen MR) is 132 cm³/mol. The second-order valence-electron chi connectivity index (χ2n) is 7.93. The summed E-state index contributed by atoms with van der Waals surface area (Å²) < 4.78 is 38.7. The van der Waals surface area contributed by atoms with Crippen molar-refractivity contribution in [3.63, 3.8) is 0 Å². The smallest absolute Gasteiger partial charge is 0.242 e. The Kier molecular flexibility index (Phi) is 6.43. The van der Waals surface area contributed by atoms with Crippen LogP contribution in [0.1, 0.15) is 23.8 Å². The van der Waals surface area contributed by atoms with E-state index < -0.39 is 15.3 Å². The molecule has 178 valence electrons. The van der Waals surface area contributed by atoms with Gasteiger partial charge in [-0.05, 0) is 31.1 Å². The number of sulfonamides is 1. The van der Waals surface area contributed by atoms with Gasteiger partial charge in [0.25, 0.3) is 0 Å². The van der Waals surface area contributed by atoms with Crippen molar-refractivity contribution in [2.24, 2.45) is 0 Å². The molecule has 2 aliphatic heterocycles. The van der Waals surface area contributed by atoms with Gasteiger partial charge in [0.1, 0.15) is 11.9 Å². The summed E-state index contributed by atoms with van der Waals surface area (Å²) in [7, 11) is -3.73. The third-order valence-corrected chi connectivity index (χ3v) is 8.92. The predicted octanol–water partition coefficient (Wildman–Crippen LogP) is 4.05. The third kappa shape index (κ3) is 4.61. The van der Waals surface area contributed by atoms with Gasteiger partial charge in [-0.15, -0.1) is 11.3 Å². The van der Waals surface area contributed by atoms with Gasteiger partial charge in [-0.25, -0.2) is 23.4 Å². The Morgan fingerprint density at radius 1 is 1.18 bits per heavy atom. The van der Waals surface area contributed by atoms with Crippen molar-refractivity contribution in [3.05, 3.63) is 52.8 Å². The minimum Gasteiger partial charge on any atom is -0.500 e. The molecule has 3 N–H and O–H groups in total. The van der Waals surface area contributed by atoms with Gasteiger partial charge in [-0.1, -0.05) is 23.7 Å². The largest absolute Gasteiger partial charge is 0.500 e. The maximum atomic E-state index is 12.8. The minimum atomic E-state index is -3.73. The molecule has 2 aromatic heterocycles. The first-order valence-corrected chi connectivity index (χ1v) is 13.4. The fraction of sp³-hybridized carbons (Fsp3) is 0.318. The van der Waals surface area contributed by atoms with E-state index in [1.807, 2.05) is 6.07 Å². The summed E-state index contributed by atoms with van der Waals surface area (Å²) in [5.41, 5.74) is 7.97. The second kappa shape index (κ2) is 9.49. The lowest BCUT2D eigenvalue weighted by Gasteiger charge is -2.19. The number of nitrogen functional groups attached to an aromatic ring is 1. The summed E-state index contributed by atoms with van der Waals surface area (Å²) in [5, 5.41) is 0.424. The number of nitrogens with two attached hydrogens (primary N) is 1. The number of thiazole rings is 1. The van der Waals surface area contributed by atoms with Gasteiger partial charge in [0, 0.05) is 30.9 Å². The summed E-state index contributed by atoms with van der Waals surface area (Å²) >= 11 is 8.29. The highest BCUT2D eigenvalue weighted by atomic mass is 35.5. The molecule has 34 heavy (non-hydrogen) atoms. The van der Waals surface area contributed by atoms with Crippen LogP contribution in [0.5, 0.6) is 0 Å². The van der Waals surface area contributed by atoms with E-state index in [-0.39, 0.29) is 29.2 Å². The zero-order valence-corrected chi connectivity index (χ0v) is 20.4. The Morgan fingerprint density at radius 3 is 2.74 bits per heavy atom. The maximum Gasteiger partial charge on any atom is 0.242 e. The van der Waals surface area contributed by atoms with Crippen LogP contribution in [0.25, 0.3) is 21.8 Å². The molecule has 9 nitrogen and oxygen atoms in total. The number of nitrogens with zero attached hydrogens (tertiary/aromatic N) is 3. The lowest BCUT2D eigenvalue weighted by atomic mass is 10.0. The molecule has 1 unspecified atom stereocenters. The van der Waals surface area contributed by atoms with Gasteiger partial charge in [0.05, 0.1) is 38.2 Å². The monoisotopic (exact) mass is 519 g/mol. The van der Waals surface area contributed by atoms with Crippen LogP contribution in [0, 0.1) is 0 Å². The standard InChI is InChI=1S/C22H22ClN5O4S2/c23-18-15(2-1-3-16(18)28-34(29,30)14-7-11-32-12-14)19-20(17-4-8-25-22(24)26-17)33-21(27-19)13-5-9-31-10-6-13/h1-4,7-8,11,13-14,28H,5-6,9-10,12H2,(H2,24,25,26).